The molecule has 0 fully saturated rings. The first-order valence-corrected chi connectivity index (χ1v) is 11.0. The number of carbonyl (C=O) groups is 4. The second-order valence-corrected chi connectivity index (χ2v) is 7.50. The van der Waals surface area contributed by atoms with Crippen LogP contribution in [0.25, 0.3) is 0 Å². The minimum absolute atomic E-state index is 0.0380. The van der Waals surface area contributed by atoms with Gasteiger partial charge in [0.1, 0.15) is 37.5 Å². The molecule has 0 heterocycles. The van der Waals surface area contributed by atoms with Crippen LogP contribution in [0, 0.1) is 0 Å². The van der Waals surface area contributed by atoms with Crippen molar-refractivity contribution in [3.8, 4) is 11.5 Å². The van der Waals surface area contributed by atoms with Crippen molar-refractivity contribution in [2.24, 2.45) is 0 Å². The van der Waals surface area contributed by atoms with E-state index in [1.165, 1.54) is 41.3 Å². The van der Waals surface area contributed by atoms with E-state index in [-0.39, 0.29) is 37.6 Å². The molecule has 1 atom stereocenters. The van der Waals surface area contributed by atoms with Gasteiger partial charge < -0.3 is 34.6 Å². The summed E-state index contributed by atoms with van der Waals surface area (Å²) in [6.07, 6.45) is -2.82. The van der Waals surface area contributed by atoms with Crippen molar-refractivity contribution in [1.29, 1.82) is 0 Å². The van der Waals surface area contributed by atoms with E-state index in [9.17, 15) is 28.0 Å². The molecule has 3 N–H and O–H groups in total. The molecule has 37 heavy (non-hydrogen) atoms. The van der Waals surface area contributed by atoms with E-state index in [2.05, 4.69) is 5.32 Å². The maximum absolute atomic E-state index is 12.6. The third kappa shape index (κ3) is 10.4. The summed E-state index contributed by atoms with van der Waals surface area (Å²) in [5.74, 6) is -2.36. The van der Waals surface area contributed by atoms with Crippen molar-refractivity contribution in [2.45, 2.75) is 25.5 Å². The van der Waals surface area contributed by atoms with Crippen LogP contribution in [-0.2, 0) is 20.9 Å². The Balaban J connectivity index is 1.81. The number of ether oxygens (including phenoxy) is 3. The summed E-state index contributed by atoms with van der Waals surface area (Å²) >= 11 is 0. The second-order valence-electron chi connectivity index (χ2n) is 7.50. The average Bonchev–Trinajstić information content (AvgIpc) is 2.86. The first-order valence-electron chi connectivity index (χ1n) is 11.0. The van der Waals surface area contributed by atoms with Crippen molar-refractivity contribution in [3.05, 3.63) is 54.1 Å². The van der Waals surface area contributed by atoms with Gasteiger partial charge in [-0.3, -0.25) is 4.79 Å². The van der Waals surface area contributed by atoms with Gasteiger partial charge in [0.25, 0.3) is 0 Å². The molecule has 0 aliphatic carbocycles. The molecule has 2 aromatic rings. The molecule has 0 saturated carbocycles. The number of benzene rings is 2. The largest absolute Gasteiger partial charge is 0.514 e. The Morgan fingerprint density at radius 2 is 1.43 bits per heavy atom. The van der Waals surface area contributed by atoms with E-state index >= 15 is 0 Å². The van der Waals surface area contributed by atoms with Crippen molar-refractivity contribution in [3.63, 3.8) is 0 Å². The van der Waals surface area contributed by atoms with Crippen LogP contribution >= 0.6 is 0 Å². The molecular weight excluding hydrogens is 498 g/mol. The van der Waals surface area contributed by atoms with E-state index in [4.69, 9.17) is 24.4 Å². The van der Waals surface area contributed by atoms with Gasteiger partial charge in [0.2, 0.25) is 0 Å². The lowest BCUT2D eigenvalue weighted by atomic mass is 10.1. The fourth-order valence-corrected chi connectivity index (χ4v) is 3.02. The van der Waals surface area contributed by atoms with Crippen LogP contribution in [-0.4, -0.2) is 66.9 Å². The predicted octanol–water partition coefficient (Wildman–Crippen LogP) is 3.55. The van der Waals surface area contributed by atoms with Crippen molar-refractivity contribution in [1.82, 2.24) is 5.32 Å². The van der Waals surface area contributed by atoms with Crippen LogP contribution in [0.1, 0.15) is 18.4 Å². The van der Waals surface area contributed by atoms with E-state index in [1.54, 1.807) is 12.1 Å². The summed E-state index contributed by atoms with van der Waals surface area (Å²) in [6, 6.07) is 10.4. The first kappa shape index (κ1) is 28.8. The molecule has 2 rings (SSSR count). The van der Waals surface area contributed by atoms with E-state index in [1.807, 2.05) is 0 Å². The number of halogens is 2. The molecule has 0 aromatic heterocycles. The summed E-state index contributed by atoms with van der Waals surface area (Å²) in [5.41, 5.74) is 1.10. The highest BCUT2D eigenvalue weighted by atomic mass is 19.1. The van der Waals surface area contributed by atoms with Crippen LogP contribution in [0.5, 0.6) is 11.5 Å². The zero-order chi connectivity index (χ0) is 27.2. The Morgan fingerprint density at radius 3 is 1.97 bits per heavy atom. The van der Waals surface area contributed by atoms with Gasteiger partial charge in [0, 0.05) is 25.2 Å². The number of rotatable bonds is 14. The zero-order valence-electron chi connectivity index (χ0n) is 19.6. The Morgan fingerprint density at radius 1 is 0.865 bits per heavy atom. The van der Waals surface area contributed by atoms with Crippen LogP contribution in [0.15, 0.2) is 48.5 Å². The third-order valence-electron chi connectivity index (χ3n) is 4.84. The van der Waals surface area contributed by atoms with Gasteiger partial charge in [0.15, 0.2) is 0 Å². The highest BCUT2D eigenvalue weighted by Crippen LogP contribution is 2.20. The predicted molar refractivity (Wildman–Crippen MR) is 125 cm³/mol. The molecular formula is C24H26F2N2O9. The number of amides is 1. The monoisotopic (exact) mass is 524 g/mol. The van der Waals surface area contributed by atoms with Crippen LogP contribution < -0.4 is 19.7 Å². The normalized spacial score (nSPS) is 11.2. The van der Waals surface area contributed by atoms with Gasteiger partial charge in [-0.15, -0.1) is 0 Å². The van der Waals surface area contributed by atoms with Crippen LogP contribution in [0.3, 0.4) is 0 Å². The molecule has 0 unspecified atom stereocenters. The Kier molecular flexibility index (Phi) is 11.6. The Labute approximate surface area is 210 Å². The standard InChI is InChI=1S/C24H26F2N2O9/c25-11-13-28(14-12-26)17-3-7-19(8-4-17)37-24(34)35-15-16-1-5-18(6-2-16)36-23(33)27-20(22(31)32)9-10-21(29)30/h1-8,20H,9-15H2,(H,27,33)(H,29,30)(H,31,32)/t20-/m0/s1. The van der Waals surface area contributed by atoms with Gasteiger partial charge in [-0.1, -0.05) is 12.1 Å². The maximum atomic E-state index is 12.6. The number of alkyl halides is 2. The SMILES string of the molecule is O=C(O)CC[C@H](NC(=O)Oc1ccc(COC(=O)Oc2ccc(N(CCF)CCF)cc2)cc1)C(=O)O. The van der Waals surface area contributed by atoms with E-state index in [0.29, 0.717) is 11.3 Å². The van der Waals surface area contributed by atoms with Crippen molar-refractivity contribution < 1.29 is 52.4 Å². The number of carbonyl (C=O) groups excluding carboxylic acids is 2. The van der Waals surface area contributed by atoms with Gasteiger partial charge in [0.05, 0.1) is 0 Å². The number of anilines is 1. The smallest absolute Gasteiger partial charge is 0.481 e. The summed E-state index contributed by atoms with van der Waals surface area (Å²) < 4.78 is 40.3. The molecule has 1 amide bonds. The zero-order valence-corrected chi connectivity index (χ0v) is 19.6. The molecule has 0 radical (unpaired) electrons. The summed E-state index contributed by atoms with van der Waals surface area (Å²) in [6.45, 7) is -1.36. The van der Waals surface area contributed by atoms with Crippen LogP contribution in [0.2, 0.25) is 0 Å². The van der Waals surface area contributed by atoms with Crippen molar-refractivity contribution in [2.75, 3.05) is 31.3 Å². The summed E-state index contributed by atoms with van der Waals surface area (Å²) in [5, 5.41) is 19.8. The number of hydrogen-bond donors (Lipinski definition) is 3. The van der Waals surface area contributed by atoms with Gasteiger partial charge in [-0.2, -0.15) is 0 Å². The maximum Gasteiger partial charge on any atom is 0.514 e. The summed E-state index contributed by atoms with van der Waals surface area (Å²) in [7, 11) is 0. The molecule has 0 spiro atoms. The molecule has 0 aliphatic heterocycles. The molecule has 0 aliphatic rings. The molecule has 2 aromatic carbocycles. The average molecular weight is 524 g/mol. The lowest BCUT2D eigenvalue weighted by Crippen LogP contribution is -2.42. The topological polar surface area (TPSA) is 152 Å². The minimum Gasteiger partial charge on any atom is -0.481 e. The number of carboxylic acids is 2. The number of carboxylic acid groups (broad SMARTS) is 2. The lowest BCUT2D eigenvalue weighted by molar-refractivity contribution is -0.140. The highest BCUT2D eigenvalue weighted by Gasteiger charge is 2.22. The number of aliphatic carboxylic acids is 2. The quantitative estimate of drug-likeness (QED) is 0.247. The fraction of sp³-hybridized carbons (Fsp3) is 0.333. The molecule has 11 nitrogen and oxygen atoms in total. The lowest BCUT2D eigenvalue weighted by Gasteiger charge is -2.22. The number of nitrogens with zero attached hydrogens (tertiary/aromatic N) is 1. The van der Waals surface area contributed by atoms with Gasteiger partial charge in [-0.25, -0.2) is 23.2 Å². The van der Waals surface area contributed by atoms with Gasteiger partial charge >= 0.3 is 24.2 Å². The van der Waals surface area contributed by atoms with Crippen molar-refractivity contribution >= 4 is 29.9 Å². The third-order valence-corrected chi connectivity index (χ3v) is 4.84. The number of hydrogen-bond acceptors (Lipinski definition) is 8. The first-order chi connectivity index (χ1) is 17.7. The number of nitrogens with one attached hydrogen (secondary N) is 1. The van der Waals surface area contributed by atoms with Gasteiger partial charge in [-0.05, 0) is 48.4 Å². The molecule has 13 heteroatoms. The molecule has 200 valence electrons. The van der Waals surface area contributed by atoms with Crippen LogP contribution in [0.4, 0.5) is 24.1 Å². The highest BCUT2D eigenvalue weighted by molar-refractivity contribution is 5.81. The fourth-order valence-electron chi connectivity index (χ4n) is 3.02. The molecule has 0 saturated heterocycles. The second kappa shape index (κ2) is 14.9. The van der Waals surface area contributed by atoms with E-state index < -0.39 is 50.0 Å². The molecule has 0 bridgehead atoms. The Bertz CT molecular complexity index is 1040. The minimum atomic E-state index is -1.43. The summed E-state index contributed by atoms with van der Waals surface area (Å²) in [4.78, 5) is 47.1. The van der Waals surface area contributed by atoms with E-state index in [0.717, 1.165) is 0 Å². The Hall–Kier alpha value is -4.42.